The molecule has 2 N–H and O–H groups in total. The molecule has 14 heavy (non-hydrogen) atoms. The van der Waals surface area contributed by atoms with Crippen molar-refractivity contribution in [3.05, 3.63) is 0 Å². The first-order chi connectivity index (χ1) is 6.70. The van der Waals surface area contributed by atoms with Crippen molar-refractivity contribution in [2.24, 2.45) is 0 Å². The van der Waals surface area contributed by atoms with Crippen molar-refractivity contribution >= 4 is 17.7 Å². The van der Waals surface area contributed by atoms with Crippen molar-refractivity contribution in [1.29, 1.82) is 0 Å². The quantitative estimate of drug-likeness (QED) is 0.602. The van der Waals surface area contributed by atoms with Gasteiger partial charge in [0.15, 0.2) is 0 Å². The molecule has 0 aliphatic rings. The molecule has 0 aromatic rings. The van der Waals surface area contributed by atoms with Gasteiger partial charge >= 0.3 is 0 Å². The number of hydrogen-bond donors (Lipinski definition) is 2. The Labute approximate surface area is 91.4 Å². The van der Waals surface area contributed by atoms with Crippen LogP contribution in [0.2, 0.25) is 0 Å². The molecule has 1 amide bonds. The summed E-state index contributed by atoms with van der Waals surface area (Å²) >= 11 is 1.78. The van der Waals surface area contributed by atoms with Crippen LogP contribution in [0.25, 0.3) is 0 Å². The lowest BCUT2D eigenvalue weighted by molar-refractivity contribution is -0.120. The third kappa shape index (κ3) is 8.38. The maximum absolute atomic E-state index is 11.3. The Balaban J connectivity index is 3.35. The maximum Gasteiger partial charge on any atom is 0.234 e. The van der Waals surface area contributed by atoms with E-state index in [0.29, 0.717) is 12.6 Å². The number of carbonyl (C=O) groups is 1. The summed E-state index contributed by atoms with van der Waals surface area (Å²) in [6.45, 7) is 5.51. The van der Waals surface area contributed by atoms with E-state index < -0.39 is 0 Å². The number of amides is 1. The molecule has 0 heterocycles. The molecule has 0 radical (unpaired) electrons. The van der Waals surface area contributed by atoms with E-state index in [9.17, 15) is 4.79 Å². The zero-order chi connectivity index (χ0) is 10.8. The van der Waals surface area contributed by atoms with E-state index in [1.807, 2.05) is 6.92 Å². The first kappa shape index (κ1) is 13.8. The zero-order valence-electron chi connectivity index (χ0n) is 9.43. The van der Waals surface area contributed by atoms with Crippen LogP contribution in [0.1, 0.15) is 26.7 Å². The molecule has 1 unspecified atom stereocenters. The second-order valence-electron chi connectivity index (χ2n) is 3.43. The Kier molecular flexibility index (Phi) is 9.19. The predicted octanol–water partition coefficient (Wildman–Crippen LogP) is 1.24. The number of hydrogen-bond acceptors (Lipinski definition) is 3. The number of nitrogens with one attached hydrogen (secondary N) is 2. The average molecular weight is 218 g/mol. The molecule has 1 atom stereocenters. The number of rotatable bonds is 8. The molecule has 84 valence electrons. The predicted molar refractivity (Wildman–Crippen MR) is 63.8 cm³/mol. The van der Waals surface area contributed by atoms with Crippen molar-refractivity contribution in [3.8, 4) is 0 Å². The van der Waals surface area contributed by atoms with Gasteiger partial charge in [-0.15, -0.1) is 0 Å². The summed E-state index contributed by atoms with van der Waals surface area (Å²) in [5.74, 6) is 1.16. The first-order valence-corrected chi connectivity index (χ1v) is 6.59. The van der Waals surface area contributed by atoms with Crippen LogP contribution in [0.3, 0.4) is 0 Å². The van der Waals surface area contributed by atoms with Gasteiger partial charge in [0.1, 0.15) is 0 Å². The first-order valence-electron chi connectivity index (χ1n) is 5.19. The number of carbonyl (C=O) groups excluding carboxylic acids is 1. The van der Waals surface area contributed by atoms with Gasteiger partial charge in [0.2, 0.25) is 5.91 Å². The highest BCUT2D eigenvalue weighted by atomic mass is 32.2. The van der Waals surface area contributed by atoms with Crippen LogP contribution < -0.4 is 10.6 Å². The summed E-state index contributed by atoms with van der Waals surface area (Å²) in [5.41, 5.74) is 0. The minimum atomic E-state index is 0.104. The Morgan fingerprint density at radius 2 is 2.21 bits per heavy atom. The van der Waals surface area contributed by atoms with Gasteiger partial charge in [0, 0.05) is 18.3 Å². The maximum atomic E-state index is 11.3. The fourth-order valence-electron chi connectivity index (χ4n) is 1.21. The van der Waals surface area contributed by atoms with Crippen LogP contribution in [-0.4, -0.2) is 37.0 Å². The van der Waals surface area contributed by atoms with Crippen LogP contribution in [0.5, 0.6) is 0 Å². The van der Waals surface area contributed by atoms with E-state index in [0.717, 1.165) is 25.1 Å². The SMILES string of the molecule is CCCC(C)NC(=O)CNCCSC. The second kappa shape index (κ2) is 9.34. The fourth-order valence-corrected chi connectivity index (χ4v) is 1.56. The summed E-state index contributed by atoms with van der Waals surface area (Å²) in [6, 6.07) is 0.301. The molecule has 0 aromatic carbocycles. The molecule has 4 heteroatoms. The van der Waals surface area contributed by atoms with Gasteiger partial charge in [-0.25, -0.2) is 0 Å². The molecule has 0 aromatic heterocycles. The topological polar surface area (TPSA) is 41.1 Å². The van der Waals surface area contributed by atoms with Crippen LogP contribution in [0, 0.1) is 0 Å². The molecule has 0 aliphatic carbocycles. The van der Waals surface area contributed by atoms with Gasteiger partial charge in [-0.1, -0.05) is 13.3 Å². The third-order valence-electron chi connectivity index (χ3n) is 1.90. The minimum absolute atomic E-state index is 0.104. The largest absolute Gasteiger partial charge is 0.353 e. The summed E-state index contributed by atoms with van der Waals surface area (Å²) in [5, 5.41) is 6.05. The highest BCUT2D eigenvalue weighted by Gasteiger charge is 2.04. The highest BCUT2D eigenvalue weighted by Crippen LogP contribution is 1.93. The molecule has 0 bridgehead atoms. The molecular formula is C10H22N2OS. The molecule has 0 saturated carbocycles. The molecule has 0 saturated heterocycles. The molecule has 0 spiro atoms. The lowest BCUT2D eigenvalue weighted by Gasteiger charge is -2.12. The van der Waals surface area contributed by atoms with Crippen molar-refractivity contribution < 1.29 is 4.79 Å². The van der Waals surface area contributed by atoms with E-state index in [4.69, 9.17) is 0 Å². The summed E-state index contributed by atoms with van der Waals surface area (Å²) in [7, 11) is 0. The van der Waals surface area contributed by atoms with E-state index in [2.05, 4.69) is 23.8 Å². The Morgan fingerprint density at radius 1 is 1.50 bits per heavy atom. The lowest BCUT2D eigenvalue weighted by Crippen LogP contribution is -2.39. The lowest BCUT2D eigenvalue weighted by atomic mass is 10.2. The van der Waals surface area contributed by atoms with Gasteiger partial charge in [-0.2, -0.15) is 11.8 Å². The highest BCUT2D eigenvalue weighted by molar-refractivity contribution is 7.98. The van der Waals surface area contributed by atoms with Crippen molar-refractivity contribution in [3.63, 3.8) is 0 Å². The van der Waals surface area contributed by atoms with Crippen molar-refractivity contribution in [2.75, 3.05) is 25.1 Å². The van der Waals surface area contributed by atoms with Crippen molar-refractivity contribution in [1.82, 2.24) is 10.6 Å². The smallest absolute Gasteiger partial charge is 0.234 e. The fraction of sp³-hybridized carbons (Fsp3) is 0.900. The molecule has 0 aliphatic heterocycles. The van der Waals surface area contributed by atoms with Crippen LogP contribution in [0.15, 0.2) is 0 Å². The monoisotopic (exact) mass is 218 g/mol. The molecule has 3 nitrogen and oxygen atoms in total. The Bertz CT molecular complexity index is 153. The molecule has 0 fully saturated rings. The van der Waals surface area contributed by atoms with Gasteiger partial charge in [-0.05, 0) is 19.6 Å². The standard InChI is InChI=1S/C10H22N2OS/c1-4-5-9(2)12-10(13)8-11-6-7-14-3/h9,11H,4-8H2,1-3H3,(H,12,13). The van der Waals surface area contributed by atoms with Gasteiger partial charge in [0.25, 0.3) is 0 Å². The van der Waals surface area contributed by atoms with Gasteiger partial charge in [0.05, 0.1) is 6.54 Å². The minimum Gasteiger partial charge on any atom is -0.353 e. The van der Waals surface area contributed by atoms with E-state index >= 15 is 0 Å². The average Bonchev–Trinajstić information content (AvgIpc) is 2.13. The third-order valence-corrected chi connectivity index (χ3v) is 2.51. The Morgan fingerprint density at radius 3 is 2.79 bits per heavy atom. The Hall–Kier alpha value is -0.220. The van der Waals surface area contributed by atoms with Crippen LogP contribution >= 0.6 is 11.8 Å². The summed E-state index contributed by atoms with van der Waals surface area (Å²) in [4.78, 5) is 11.3. The van der Waals surface area contributed by atoms with E-state index in [1.165, 1.54) is 0 Å². The number of thioether (sulfide) groups is 1. The van der Waals surface area contributed by atoms with Gasteiger partial charge in [-0.3, -0.25) is 4.79 Å². The second-order valence-corrected chi connectivity index (χ2v) is 4.41. The van der Waals surface area contributed by atoms with Crippen LogP contribution in [0.4, 0.5) is 0 Å². The normalized spacial score (nSPS) is 12.5. The van der Waals surface area contributed by atoms with Crippen LogP contribution in [-0.2, 0) is 4.79 Å². The summed E-state index contributed by atoms with van der Waals surface area (Å²) in [6.07, 6.45) is 4.23. The van der Waals surface area contributed by atoms with E-state index in [-0.39, 0.29) is 5.91 Å². The molecular weight excluding hydrogens is 196 g/mol. The van der Waals surface area contributed by atoms with Crippen molar-refractivity contribution in [2.45, 2.75) is 32.7 Å². The molecule has 0 rings (SSSR count). The van der Waals surface area contributed by atoms with Gasteiger partial charge < -0.3 is 10.6 Å². The summed E-state index contributed by atoms with van der Waals surface area (Å²) < 4.78 is 0. The van der Waals surface area contributed by atoms with E-state index in [1.54, 1.807) is 11.8 Å². The zero-order valence-corrected chi connectivity index (χ0v) is 10.2.